The van der Waals surface area contributed by atoms with E-state index in [1.807, 2.05) is 12.5 Å². The predicted octanol–water partition coefficient (Wildman–Crippen LogP) is 5.09. The van der Waals surface area contributed by atoms with Crippen LogP contribution in [0.3, 0.4) is 0 Å². The third-order valence-electron chi connectivity index (χ3n) is 5.81. The van der Waals surface area contributed by atoms with Crippen LogP contribution in [0.4, 0.5) is 0 Å². The molecular weight excluding hydrogens is 318 g/mol. The Kier molecular flexibility index (Phi) is 3.63. The fourth-order valence-corrected chi connectivity index (χ4v) is 3.97. The van der Waals surface area contributed by atoms with E-state index in [2.05, 4.69) is 64.7 Å². The standard InChI is InChI=1S/C23H25N3/c1-15(18-4-3-5-19(12-18)16(2)25-20-8-9-20)23-21(17-6-7-17)10-11-26-14-24-13-22(23)26/h3-5,10-15,17,20,25H,2,6-9H2,1H3. The van der Waals surface area contributed by atoms with Crippen molar-refractivity contribution in [3.05, 3.63) is 77.9 Å². The van der Waals surface area contributed by atoms with E-state index in [-0.39, 0.29) is 0 Å². The number of rotatable bonds is 6. The summed E-state index contributed by atoms with van der Waals surface area (Å²) < 4.78 is 2.15. The lowest BCUT2D eigenvalue weighted by Gasteiger charge is -2.20. The minimum atomic E-state index is 0.333. The number of pyridine rings is 1. The van der Waals surface area contributed by atoms with Crippen molar-refractivity contribution in [2.75, 3.05) is 0 Å². The molecule has 1 atom stereocenters. The summed E-state index contributed by atoms with van der Waals surface area (Å²) >= 11 is 0. The summed E-state index contributed by atoms with van der Waals surface area (Å²) in [6.45, 7) is 6.57. The molecule has 26 heavy (non-hydrogen) atoms. The lowest BCUT2D eigenvalue weighted by Crippen LogP contribution is -2.13. The molecule has 2 saturated carbocycles. The highest BCUT2D eigenvalue weighted by Crippen LogP contribution is 2.45. The van der Waals surface area contributed by atoms with Gasteiger partial charge in [0.05, 0.1) is 18.0 Å². The fourth-order valence-electron chi connectivity index (χ4n) is 3.97. The summed E-state index contributed by atoms with van der Waals surface area (Å²) in [6, 6.07) is 11.8. The monoisotopic (exact) mass is 343 g/mol. The van der Waals surface area contributed by atoms with Crippen LogP contribution in [-0.2, 0) is 0 Å². The molecule has 1 aromatic carbocycles. The molecule has 0 spiro atoms. The summed E-state index contributed by atoms with van der Waals surface area (Å²) in [4.78, 5) is 4.38. The fraction of sp³-hybridized carbons (Fsp3) is 0.348. The van der Waals surface area contributed by atoms with Crippen molar-refractivity contribution < 1.29 is 0 Å². The van der Waals surface area contributed by atoms with E-state index in [9.17, 15) is 0 Å². The molecule has 2 aromatic heterocycles. The van der Waals surface area contributed by atoms with Crippen LogP contribution in [0.15, 0.2) is 55.6 Å². The maximum absolute atomic E-state index is 4.38. The van der Waals surface area contributed by atoms with Crippen LogP contribution in [0.1, 0.15) is 66.7 Å². The number of nitrogens with zero attached hydrogens (tertiary/aromatic N) is 2. The summed E-state index contributed by atoms with van der Waals surface area (Å²) in [7, 11) is 0. The number of hydrogen-bond acceptors (Lipinski definition) is 2. The van der Waals surface area contributed by atoms with Crippen molar-refractivity contribution in [3.8, 4) is 0 Å². The highest BCUT2D eigenvalue weighted by atomic mass is 15.0. The average molecular weight is 343 g/mol. The molecule has 2 aliphatic rings. The zero-order valence-corrected chi connectivity index (χ0v) is 15.3. The third-order valence-corrected chi connectivity index (χ3v) is 5.81. The molecule has 2 heterocycles. The van der Waals surface area contributed by atoms with Gasteiger partial charge in [-0.05, 0) is 66.0 Å². The van der Waals surface area contributed by atoms with E-state index in [0.717, 1.165) is 11.6 Å². The highest BCUT2D eigenvalue weighted by molar-refractivity contribution is 5.65. The minimum Gasteiger partial charge on any atom is -0.382 e. The van der Waals surface area contributed by atoms with Gasteiger partial charge in [-0.2, -0.15) is 0 Å². The molecule has 2 aliphatic carbocycles. The van der Waals surface area contributed by atoms with Gasteiger partial charge in [-0.1, -0.05) is 31.7 Å². The van der Waals surface area contributed by atoms with Gasteiger partial charge in [-0.25, -0.2) is 4.98 Å². The normalized spacial score (nSPS) is 18.0. The van der Waals surface area contributed by atoms with Crippen LogP contribution >= 0.6 is 0 Å². The van der Waals surface area contributed by atoms with Gasteiger partial charge >= 0.3 is 0 Å². The van der Waals surface area contributed by atoms with Gasteiger partial charge in [0, 0.05) is 23.9 Å². The smallest absolute Gasteiger partial charge is 0.0992 e. The molecule has 0 saturated heterocycles. The van der Waals surface area contributed by atoms with Gasteiger partial charge in [-0.3, -0.25) is 0 Å². The molecule has 1 N–H and O–H groups in total. The number of benzene rings is 1. The Labute approximate surface area is 154 Å². The molecule has 0 bridgehead atoms. The van der Waals surface area contributed by atoms with Crippen LogP contribution < -0.4 is 5.32 Å². The summed E-state index contributed by atoms with van der Waals surface area (Å²) in [5, 5.41) is 3.53. The predicted molar refractivity (Wildman–Crippen MR) is 106 cm³/mol. The summed E-state index contributed by atoms with van der Waals surface area (Å²) in [5.41, 5.74) is 7.78. The largest absolute Gasteiger partial charge is 0.382 e. The van der Waals surface area contributed by atoms with E-state index in [4.69, 9.17) is 0 Å². The van der Waals surface area contributed by atoms with E-state index < -0.39 is 0 Å². The van der Waals surface area contributed by atoms with Crippen LogP contribution in [0.2, 0.25) is 0 Å². The van der Waals surface area contributed by atoms with Crippen molar-refractivity contribution in [2.24, 2.45) is 0 Å². The van der Waals surface area contributed by atoms with Crippen molar-refractivity contribution in [2.45, 2.75) is 50.5 Å². The molecule has 2 fully saturated rings. The maximum Gasteiger partial charge on any atom is 0.0992 e. The average Bonchev–Trinajstić information content (AvgIpc) is 3.59. The molecule has 0 radical (unpaired) electrons. The maximum atomic E-state index is 4.38. The van der Waals surface area contributed by atoms with Crippen LogP contribution in [0.25, 0.3) is 11.2 Å². The second-order valence-electron chi connectivity index (χ2n) is 7.89. The van der Waals surface area contributed by atoms with Crippen molar-refractivity contribution in [1.29, 1.82) is 0 Å². The van der Waals surface area contributed by atoms with Crippen LogP contribution in [0.5, 0.6) is 0 Å². The Bertz CT molecular complexity index is 976. The van der Waals surface area contributed by atoms with Gasteiger partial charge in [-0.15, -0.1) is 0 Å². The zero-order chi connectivity index (χ0) is 17.7. The zero-order valence-electron chi connectivity index (χ0n) is 15.3. The molecular formula is C23H25N3. The second kappa shape index (κ2) is 6.01. The van der Waals surface area contributed by atoms with Gasteiger partial charge in [0.15, 0.2) is 0 Å². The molecule has 3 heteroatoms. The minimum absolute atomic E-state index is 0.333. The molecule has 3 nitrogen and oxygen atoms in total. The Hall–Kier alpha value is -2.55. The van der Waals surface area contributed by atoms with E-state index in [0.29, 0.717) is 12.0 Å². The number of fused-ring (bicyclic) bond motifs is 1. The molecule has 5 rings (SSSR count). The van der Waals surface area contributed by atoms with Gasteiger partial charge in [0.25, 0.3) is 0 Å². The van der Waals surface area contributed by atoms with Crippen LogP contribution in [-0.4, -0.2) is 15.4 Å². The van der Waals surface area contributed by atoms with Crippen LogP contribution in [0, 0.1) is 0 Å². The van der Waals surface area contributed by atoms with E-state index >= 15 is 0 Å². The first kappa shape index (κ1) is 15.7. The van der Waals surface area contributed by atoms with Gasteiger partial charge in [0.2, 0.25) is 0 Å². The number of nitrogens with one attached hydrogen (secondary N) is 1. The topological polar surface area (TPSA) is 29.3 Å². The Morgan fingerprint density at radius 1 is 1.23 bits per heavy atom. The summed E-state index contributed by atoms with van der Waals surface area (Å²) in [5.74, 6) is 1.06. The third kappa shape index (κ3) is 2.82. The first-order valence-electron chi connectivity index (χ1n) is 9.71. The molecule has 0 amide bonds. The Morgan fingerprint density at radius 3 is 2.85 bits per heavy atom. The van der Waals surface area contributed by atoms with Gasteiger partial charge in [0.1, 0.15) is 0 Å². The van der Waals surface area contributed by atoms with E-state index in [1.165, 1.54) is 53.5 Å². The molecule has 3 aromatic rings. The Balaban J connectivity index is 1.54. The number of imidazole rings is 1. The van der Waals surface area contributed by atoms with Crippen molar-refractivity contribution in [1.82, 2.24) is 14.7 Å². The SMILES string of the molecule is C=C(NC1CC1)c1cccc(C(C)c2c(C3CC3)ccn3cncc23)c1. The lowest BCUT2D eigenvalue weighted by molar-refractivity contribution is 0.875. The molecule has 132 valence electrons. The van der Waals surface area contributed by atoms with Gasteiger partial charge < -0.3 is 9.72 Å². The molecule has 0 aliphatic heterocycles. The summed E-state index contributed by atoms with van der Waals surface area (Å²) in [6.07, 6.45) is 11.2. The van der Waals surface area contributed by atoms with Crippen molar-refractivity contribution in [3.63, 3.8) is 0 Å². The number of hydrogen-bond donors (Lipinski definition) is 1. The quantitative estimate of drug-likeness (QED) is 0.676. The lowest BCUT2D eigenvalue weighted by atomic mass is 9.87. The van der Waals surface area contributed by atoms with Crippen molar-refractivity contribution >= 4 is 11.2 Å². The molecule has 1 unspecified atom stereocenters. The number of aromatic nitrogens is 2. The first-order valence-corrected chi connectivity index (χ1v) is 9.71. The first-order chi connectivity index (χ1) is 12.7. The second-order valence-corrected chi connectivity index (χ2v) is 7.89. The highest BCUT2D eigenvalue weighted by Gasteiger charge is 2.29. The van der Waals surface area contributed by atoms with E-state index in [1.54, 1.807) is 0 Å². The Morgan fingerprint density at radius 2 is 2.08 bits per heavy atom.